The van der Waals surface area contributed by atoms with Crippen molar-refractivity contribution in [1.29, 1.82) is 0 Å². The molecule has 0 bridgehead atoms. The third-order valence-electron chi connectivity index (χ3n) is 4.14. The molecule has 3 heterocycles. The Balaban J connectivity index is 0.000000377. The van der Waals surface area contributed by atoms with Crippen LogP contribution in [0.25, 0.3) is 11.4 Å². The van der Waals surface area contributed by atoms with Crippen molar-refractivity contribution in [2.24, 2.45) is 0 Å². The maximum absolute atomic E-state index is 12.0. The van der Waals surface area contributed by atoms with E-state index in [1.165, 1.54) is 0 Å². The zero-order chi connectivity index (χ0) is 21.5. The third kappa shape index (κ3) is 5.72. The Morgan fingerprint density at radius 3 is 2.43 bits per heavy atom. The normalized spacial score (nSPS) is 13.6. The number of nitrogens with zero attached hydrogens (tertiary/aromatic N) is 3. The predicted molar refractivity (Wildman–Crippen MR) is 107 cm³/mol. The van der Waals surface area contributed by atoms with Crippen molar-refractivity contribution in [3.05, 3.63) is 53.0 Å². The average molecular weight is 430 g/mol. The van der Waals surface area contributed by atoms with Crippen LogP contribution in [-0.2, 0) is 14.4 Å². The number of carboxylic acid groups (broad SMARTS) is 2. The van der Waals surface area contributed by atoms with Crippen LogP contribution in [0.1, 0.15) is 11.8 Å². The number of carboxylic acids is 2. The molecule has 1 saturated heterocycles. The van der Waals surface area contributed by atoms with Crippen molar-refractivity contribution in [2.45, 2.75) is 5.92 Å². The predicted octanol–water partition coefficient (Wildman–Crippen LogP) is 1.99. The Bertz CT molecular complexity index is 987. The number of amides is 1. The fraction of sp³-hybridized carbons (Fsp3) is 0.211. The first-order valence-corrected chi connectivity index (χ1v) is 9.76. The second-order valence-corrected chi connectivity index (χ2v) is 7.16. The minimum absolute atomic E-state index is 0.0101. The summed E-state index contributed by atoms with van der Waals surface area (Å²) in [4.78, 5) is 36.7. The molecule has 1 aromatic carbocycles. The Kier molecular flexibility index (Phi) is 6.88. The molecule has 0 atom stereocenters. The van der Waals surface area contributed by atoms with Crippen LogP contribution >= 0.6 is 11.3 Å². The molecule has 0 aliphatic carbocycles. The second kappa shape index (κ2) is 9.76. The molecule has 0 spiro atoms. The van der Waals surface area contributed by atoms with E-state index in [0.717, 1.165) is 24.3 Å². The average Bonchev–Trinajstić information content (AvgIpc) is 3.37. The largest absolute Gasteiger partial charge is 0.473 e. The van der Waals surface area contributed by atoms with Crippen LogP contribution in [0.4, 0.5) is 5.69 Å². The molecule has 1 amide bonds. The molecule has 3 N–H and O–H groups in total. The lowest BCUT2D eigenvalue weighted by Crippen LogP contribution is -2.48. The van der Waals surface area contributed by atoms with Gasteiger partial charge in [-0.2, -0.15) is 16.3 Å². The zero-order valence-corrected chi connectivity index (χ0v) is 16.4. The summed E-state index contributed by atoms with van der Waals surface area (Å²) in [5.41, 5.74) is 1.80. The van der Waals surface area contributed by atoms with Gasteiger partial charge in [0.2, 0.25) is 17.6 Å². The fourth-order valence-corrected chi connectivity index (χ4v) is 3.32. The quantitative estimate of drug-likeness (QED) is 0.517. The zero-order valence-electron chi connectivity index (χ0n) is 15.6. The van der Waals surface area contributed by atoms with Crippen LogP contribution in [0.3, 0.4) is 0 Å². The Morgan fingerprint density at radius 2 is 1.83 bits per heavy atom. The minimum Gasteiger partial charge on any atom is -0.473 e. The van der Waals surface area contributed by atoms with E-state index in [9.17, 15) is 4.79 Å². The summed E-state index contributed by atoms with van der Waals surface area (Å²) in [6.07, 6.45) is 0. The van der Waals surface area contributed by atoms with Crippen molar-refractivity contribution in [2.75, 3.05) is 25.0 Å². The minimum atomic E-state index is -1.82. The number of aliphatic carboxylic acids is 2. The van der Waals surface area contributed by atoms with Crippen molar-refractivity contribution in [3.63, 3.8) is 0 Å². The number of hydrogen-bond donors (Lipinski definition) is 3. The highest BCUT2D eigenvalue weighted by Crippen LogP contribution is 2.28. The Hall–Kier alpha value is -3.57. The molecule has 30 heavy (non-hydrogen) atoms. The number of carbonyl (C=O) groups excluding carboxylic acids is 1. The number of anilines is 1. The van der Waals surface area contributed by atoms with Gasteiger partial charge in [0.05, 0.1) is 12.5 Å². The third-order valence-corrected chi connectivity index (χ3v) is 4.82. The molecule has 3 aromatic rings. The molecule has 156 valence electrons. The van der Waals surface area contributed by atoms with Crippen LogP contribution in [0.2, 0.25) is 0 Å². The van der Waals surface area contributed by atoms with Crippen LogP contribution < -0.4 is 5.32 Å². The second-order valence-electron chi connectivity index (χ2n) is 6.38. The molecule has 4 rings (SSSR count). The number of carbonyl (C=O) groups is 3. The molecule has 2 aromatic heterocycles. The molecular formula is C19H18N4O6S. The number of thiophene rings is 1. The van der Waals surface area contributed by atoms with E-state index in [1.807, 2.05) is 47.2 Å². The number of para-hydroxylation sites is 1. The highest BCUT2D eigenvalue weighted by Gasteiger charge is 2.33. The van der Waals surface area contributed by atoms with Gasteiger partial charge in [0.25, 0.3) is 0 Å². The topological polar surface area (TPSA) is 146 Å². The highest BCUT2D eigenvalue weighted by molar-refractivity contribution is 7.08. The van der Waals surface area contributed by atoms with Gasteiger partial charge in [-0.25, -0.2) is 9.59 Å². The lowest BCUT2D eigenvalue weighted by molar-refractivity contribution is -0.159. The summed E-state index contributed by atoms with van der Waals surface area (Å²) in [5.74, 6) is -2.18. The molecule has 0 saturated carbocycles. The summed E-state index contributed by atoms with van der Waals surface area (Å²) in [6.45, 7) is 1.89. The molecule has 0 radical (unpaired) electrons. The molecule has 11 heteroatoms. The van der Waals surface area contributed by atoms with E-state index in [4.69, 9.17) is 24.3 Å². The van der Waals surface area contributed by atoms with Crippen molar-refractivity contribution in [1.82, 2.24) is 15.0 Å². The van der Waals surface area contributed by atoms with Crippen molar-refractivity contribution in [3.8, 4) is 11.4 Å². The fourth-order valence-electron chi connectivity index (χ4n) is 2.69. The van der Waals surface area contributed by atoms with Gasteiger partial charge in [-0.3, -0.25) is 9.69 Å². The lowest BCUT2D eigenvalue weighted by Gasteiger charge is -2.36. The monoisotopic (exact) mass is 430 g/mol. The molecular weight excluding hydrogens is 412 g/mol. The maximum atomic E-state index is 12.0. The number of hydrogen-bond acceptors (Lipinski definition) is 8. The smallest absolute Gasteiger partial charge is 0.414 e. The van der Waals surface area contributed by atoms with Gasteiger partial charge >= 0.3 is 11.9 Å². The first-order chi connectivity index (χ1) is 14.4. The van der Waals surface area contributed by atoms with E-state index in [1.54, 1.807) is 11.3 Å². The first-order valence-electron chi connectivity index (χ1n) is 8.82. The standard InChI is InChI=1S/C17H16N4O2S.C2H2O4/c22-15(18-14-4-2-1-3-5-14)10-21-8-13(9-21)17-19-16(20-23-17)12-6-7-24-11-12;3-1(4)2(5)6/h1-7,11,13H,8-10H2,(H,18,22);(H,3,4)(H,5,6). The van der Waals surface area contributed by atoms with Gasteiger partial charge in [-0.1, -0.05) is 23.4 Å². The van der Waals surface area contributed by atoms with Gasteiger partial charge in [-0.15, -0.1) is 0 Å². The Morgan fingerprint density at radius 1 is 1.13 bits per heavy atom. The van der Waals surface area contributed by atoms with Crippen molar-refractivity contribution >= 4 is 34.9 Å². The molecule has 1 fully saturated rings. The summed E-state index contributed by atoms with van der Waals surface area (Å²) in [7, 11) is 0. The summed E-state index contributed by atoms with van der Waals surface area (Å²) < 4.78 is 5.36. The van der Waals surface area contributed by atoms with Gasteiger partial charge in [-0.05, 0) is 23.6 Å². The summed E-state index contributed by atoms with van der Waals surface area (Å²) >= 11 is 1.61. The van der Waals surface area contributed by atoms with E-state index in [0.29, 0.717) is 18.3 Å². The van der Waals surface area contributed by atoms with E-state index in [2.05, 4.69) is 20.4 Å². The van der Waals surface area contributed by atoms with Gasteiger partial charge in [0.1, 0.15) is 0 Å². The van der Waals surface area contributed by atoms with Crippen LogP contribution in [-0.4, -0.2) is 62.7 Å². The van der Waals surface area contributed by atoms with Crippen LogP contribution in [0.15, 0.2) is 51.7 Å². The Labute approximate surface area is 174 Å². The molecule has 0 unspecified atom stereocenters. The lowest BCUT2D eigenvalue weighted by atomic mass is 10.0. The van der Waals surface area contributed by atoms with Gasteiger partial charge in [0, 0.05) is 29.7 Å². The SMILES string of the molecule is O=C(CN1CC(c2nc(-c3ccsc3)no2)C1)Nc1ccccc1.O=C(O)C(=O)O. The van der Waals surface area contributed by atoms with Crippen LogP contribution in [0, 0.1) is 0 Å². The molecule has 1 aliphatic rings. The van der Waals surface area contributed by atoms with E-state index in [-0.39, 0.29) is 11.8 Å². The number of rotatable bonds is 5. The summed E-state index contributed by atoms with van der Waals surface area (Å²) in [5, 5.41) is 25.7. The number of benzene rings is 1. The van der Waals surface area contributed by atoms with Gasteiger partial charge < -0.3 is 20.1 Å². The maximum Gasteiger partial charge on any atom is 0.414 e. The number of likely N-dealkylation sites (tertiary alicyclic amines) is 1. The van der Waals surface area contributed by atoms with E-state index < -0.39 is 11.9 Å². The molecule has 1 aliphatic heterocycles. The number of nitrogens with one attached hydrogen (secondary N) is 1. The first kappa shape index (κ1) is 21.1. The van der Waals surface area contributed by atoms with Crippen molar-refractivity contribution < 1.29 is 29.1 Å². The highest BCUT2D eigenvalue weighted by atomic mass is 32.1. The van der Waals surface area contributed by atoms with E-state index >= 15 is 0 Å². The number of aromatic nitrogens is 2. The van der Waals surface area contributed by atoms with Crippen LogP contribution in [0.5, 0.6) is 0 Å². The molecule has 10 nitrogen and oxygen atoms in total. The summed E-state index contributed by atoms with van der Waals surface area (Å²) in [6, 6.07) is 11.4. The van der Waals surface area contributed by atoms with Gasteiger partial charge in [0.15, 0.2) is 0 Å².